The molecule has 36 heavy (non-hydrogen) atoms. The van der Waals surface area contributed by atoms with Crippen LogP contribution in [0.3, 0.4) is 0 Å². The zero-order chi connectivity index (χ0) is 26.9. The molecule has 1 aliphatic rings. The number of aliphatic hydroxyl groups excluding tert-OH is 3. The van der Waals surface area contributed by atoms with Crippen LogP contribution in [0.15, 0.2) is 34.1 Å². The Labute approximate surface area is 202 Å². The molecule has 1 saturated heterocycles. The summed E-state index contributed by atoms with van der Waals surface area (Å²) in [6, 6.07) is -0.749. The molecule has 3 heterocycles. The maximum Gasteiger partial charge on any atom is 0.330 e. The van der Waals surface area contributed by atoms with Crippen LogP contribution in [-0.2, 0) is 14.3 Å². The molecule has 0 aliphatic carbocycles. The van der Waals surface area contributed by atoms with Crippen LogP contribution < -0.4 is 22.3 Å². The summed E-state index contributed by atoms with van der Waals surface area (Å²) < 4.78 is 6.25. The number of nitrogens with two attached hydrogens (primary N) is 1. The Bertz CT molecular complexity index is 1230. The number of hydrogen-bond acceptors (Lipinski definition) is 11. The number of carbonyl (C=O) groups is 2. The van der Waals surface area contributed by atoms with Crippen molar-refractivity contribution in [2.24, 2.45) is 11.7 Å². The van der Waals surface area contributed by atoms with Crippen LogP contribution in [-0.4, -0.2) is 82.3 Å². The smallest absolute Gasteiger partial charge is 0.330 e. The molecular weight excluding hydrogens is 482 g/mol. The second-order valence-electron chi connectivity index (χ2n) is 8.55. The fourth-order valence-corrected chi connectivity index (χ4v) is 3.78. The van der Waals surface area contributed by atoms with Gasteiger partial charge in [-0.15, -0.1) is 0 Å². The summed E-state index contributed by atoms with van der Waals surface area (Å²) in [7, 11) is 0. The second kappa shape index (κ2) is 10.5. The molecule has 1 amide bonds. The number of ether oxygens (including phenoxy) is 1. The number of pyridine rings is 1. The maximum absolute atomic E-state index is 12.8. The van der Waals surface area contributed by atoms with Gasteiger partial charge in [0.2, 0.25) is 5.91 Å². The summed E-state index contributed by atoms with van der Waals surface area (Å²) in [6.07, 6.45) is -6.09. The van der Waals surface area contributed by atoms with Crippen LogP contribution in [0.5, 0.6) is 5.75 Å². The SMILES string of the molecule is Cc1cn([C@@H]2O[C@H](C(NC(=O)[C@@H](N)[C@H](C)[C@H](O)c3ccc(O)cn3)C(=O)O)[C@@H](O)[C@H]2O)c(=O)[nH]c1=O. The minimum Gasteiger partial charge on any atom is -0.506 e. The number of aryl methyl sites for hydroxylation is 1. The van der Waals surface area contributed by atoms with Crippen molar-refractivity contribution in [3.05, 3.63) is 56.6 Å². The number of nitrogens with one attached hydrogen (secondary N) is 2. The lowest BCUT2D eigenvalue weighted by Crippen LogP contribution is -2.57. The number of aromatic hydroxyl groups is 1. The number of amides is 1. The average Bonchev–Trinajstić information content (AvgIpc) is 3.12. The van der Waals surface area contributed by atoms with Crippen molar-refractivity contribution >= 4 is 11.9 Å². The fraction of sp³-hybridized carbons (Fsp3) is 0.476. The van der Waals surface area contributed by atoms with Gasteiger partial charge in [0.15, 0.2) is 12.3 Å². The van der Waals surface area contributed by atoms with Crippen LogP contribution in [0.1, 0.15) is 30.5 Å². The number of carboxylic acids is 1. The first-order valence-electron chi connectivity index (χ1n) is 10.8. The van der Waals surface area contributed by atoms with Crippen LogP contribution in [0, 0.1) is 12.8 Å². The molecule has 8 atom stereocenters. The van der Waals surface area contributed by atoms with Crippen molar-refractivity contribution in [2.45, 2.75) is 56.6 Å². The van der Waals surface area contributed by atoms with E-state index in [0.29, 0.717) is 0 Å². The van der Waals surface area contributed by atoms with Crippen LogP contribution in [0.4, 0.5) is 0 Å². The topological polar surface area (TPSA) is 250 Å². The molecule has 9 N–H and O–H groups in total. The number of carboxylic acid groups (broad SMARTS) is 1. The van der Waals surface area contributed by atoms with E-state index in [-0.39, 0.29) is 17.0 Å². The zero-order valence-electron chi connectivity index (χ0n) is 19.2. The summed E-state index contributed by atoms with van der Waals surface area (Å²) in [4.78, 5) is 54.3. The van der Waals surface area contributed by atoms with E-state index in [1.54, 1.807) is 0 Å². The van der Waals surface area contributed by atoms with Gasteiger partial charge in [0.05, 0.1) is 17.9 Å². The highest BCUT2D eigenvalue weighted by atomic mass is 16.6. The van der Waals surface area contributed by atoms with Crippen LogP contribution >= 0.6 is 0 Å². The Morgan fingerprint density at radius 1 is 1.25 bits per heavy atom. The molecule has 1 fully saturated rings. The Kier molecular flexibility index (Phi) is 7.90. The predicted octanol–water partition coefficient (Wildman–Crippen LogP) is -3.17. The number of aliphatic hydroxyl groups is 3. The monoisotopic (exact) mass is 509 g/mol. The van der Waals surface area contributed by atoms with Crippen molar-refractivity contribution in [1.29, 1.82) is 0 Å². The molecule has 15 nitrogen and oxygen atoms in total. The lowest BCUT2D eigenvalue weighted by molar-refractivity contribution is -0.149. The second-order valence-corrected chi connectivity index (χ2v) is 8.55. The quantitative estimate of drug-likeness (QED) is 0.175. The van der Waals surface area contributed by atoms with E-state index in [1.807, 2.05) is 4.98 Å². The molecule has 1 unspecified atom stereocenters. The molecular formula is C21H27N5O10. The van der Waals surface area contributed by atoms with E-state index in [2.05, 4.69) is 10.3 Å². The molecule has 2 aromatic heterocycles. The van der Waals surface area contributed by atoms with Crippen molar-refractivity contribution in [3.8, 4) is 5.75 Å². The van der Waals surface area contributed by atoms with Gasteiger partial charge < -0.3 is 41.3 Å². The molecule has 0 radical (unpaired) electrons. The lowest BCUT2D eigenvalue weighted by Gasteiger charge is -2.28. The third-order valence-electron chi connectivity index (χ3n) is 6.03. The van der Waals surface area contributed by atoms with Crippen molar-refractivity contribution in [2.75, 3.05) is 0 Å². The minimum absolute atomic E-state index is 0.0908. The van der Waals surface area contributed by atoms with Crippen molar-refractivity contribution in [3.63, 3.8) is 0 Å². The van der Waals surface area contributed by atoms with Gasteiger partial charge in [-0.25, -0.2) is 9.59 Å². The Hall–Kier alpha value is -3.63. The summed E-state index contributed by atoms with van der Waals surface area (Å²) in [5.41, 5.74) is 4.49. The number of H-pyrrole nitrogens is 1. The zero-order valence-corrected chi connectivity index (χ0v) is 19.2. The van der Waals surface area contributed by atoms with Gasteiger partial charge in [-0.2, -0.15) is 0 Å². The van der Waals surface area contributed by atoms with Gasteiger partial charge in [0.1, 0.15) is 30.2 Å². The van der Waals surface area contributed by atoms with E-state index >= 15 is 0 Å². The third kappa shape index (κ3) is 5.29. The molecule has 196 valence electrons. The first-order valence-corrected chi connectivity index (χ1v) is 10.8. The normalized spacial score (nSPS) is 25.1. The third-order valence-corrected chi connectivity index (χ3v) is 6.03. The van der Waals surface area contributed by atoms with E-state index in [0.717, 1.165) is 17.0 Å². The standard InChI is InChI=1S/C21H27N5O10/c1-7-6-26(21(35)25-17(7)31)19-15(30)14(29)16(36-19)12(20(33)34)24-18(32)11(22)8(2)13(28)10-4-3-9(27)5-23-10/h3-6,8,11-16,19,27-30H,22H2,1-2H3,(H,24,32)(H,33,34)(H,25,31,35)/t8-,11-,12?,13-,14-,15+,16+,19+/m0/s1. The maximum atomic E-state index is 12.8. The first-order chi connectivity index (χ1) is 16.8. The van der Waals surface area contributed by atoms with Crippen LogP contribution in [0.2, 0.25) is 0 Å². The Balaban J connectivity index is 1.78. The van der Waals surface area contributed by atoms with Crippen molar-refractivity contribution < 1.29 is 39.9 Å². The number of aromatic nitrogens is 3. The van der Waals surface area contributed by atoms with Crippen LogP contribution in [0.25, 0.3) is 0 Å². The predicted molar refractivity (Wildman–Crippen MR) is 120 cm³/mol. The van der Waals surface area contributed by atoms with E-state index in [4.69, 9.17) is 10.5 Å². The molecule has 2 aromatic rings. The number of aromatic amines is 1. The Morgan fingerprint density at radius 2 is 1.92 bits per heavy atom. The van der Waals surface area contributed by atoms with Gasteiger partial charge in [-0.05, 0) is 19.1 Å². The van der Waals surface area contributed by atoms with Gasteiger partial charge in [0, 0.05) is 17.7 Å². The summed E-state index contributed by atoms with van der Waals surface area (Å²) in [5, 5.41) is 52.5. The molecule has 0 bridgehead atoms. The molecule has 0 spiro atoms. The minimum atomic E-state index is -1.91. The molecule has 0 saturated carbocycles. The summed E-state index contributed by atoms with van der Waals surface area (Å²) in [6.45, 7) is 2.81. The van der Waals surface area contributed by atoms with Gasteiger partial charge in [-0.3, -0.25) is 24.1 Å². The van der Waals surface area contributed by atoms with E-state index < -0.39 is 71.8 Å². The van der Waals surface area contributed by atoms with E-state index in [1.165, 1.54) is 26.0 Å². The number of carbonyl (C=O) groups excluding carboxylic acids is 1. The summed E-state index contributed by atoms with van der Waals surface area (Å²) in [5.74, 6) is -3.75. The highest BCUT2D eigenvalue weighted by molar-refractivity contribution is 5.87. The van der Waals surface area contributed by atoms with E-state index in [9.17, 15) is 44.7 Å². The summed E-state index contributed by atoms with van der Waals surface area (Å²) >= 11 is 0. The lowest BCUT2D eigenvalue weighted by atomic mass is 9.92. The van der Waals surface area contributed by atoms with Gasteiger partial charge >= 0.3 is 11.7 Å². The number of hydrogen-bond donors (Lipinski definition) is 8. The molecule has 1 aliphatic heterocycles. The number of rotatable bonds is 8. The average molecular weight is 509 g/mol. The van der Waals surface area contributed by atoms with Crippen molar-refractivity contribution in [1.82, 2.24) is 19.9 Å². The number of aliphatic carboxylic acids is 1. The molecule has 0 aromatic carbocycles. The van der Waals surface area contributed by atoms with Gasteiger partial charge in [-0.1, -0.05) is 6.92 Å². The number of nitrogens with zero attached hydrogens (tertiary/aromatic N) is 2. The molecule has 15 heteroatoms. The Morgan fingerprint density at radius 3 is 2.50 bits per heavy atom. The fourth-order valence-electron chi connectivity index (χ4n) is 3.78. The highest BCUT2D eigenvalue weighted by Crippen LogP contribution is 2.31. The highest BCUT2D eigenvalue weighted by Gasteiger charge is 2.50. The largest absolute Gasteiger partial charge is 0.506 e. The first kappa shape index (κ1) is 27.0. The molecule has 3 rings (SSSR count). The van der Waals surface area contributed by atoms with Gasteiger partial charge in [0.25, 0.3) is 5.56 Å².